The van der Waals surface area contributed by atoms with Crippen molar-refractivity contribution in [3.8, 4) is 17.2 Å². The number of hydrogen-bond acceptors (Lipinski definition) is 5. The first-order chi connectivity index (χ1) is 10.1. The van der Waals surface area contributed by atoms with E-state index in [4.69, 9.17) is 18.6 Å². The second-order valence-corrected chi connectivity index (χ2v) is 4.48. The van der Waals surface area contributed by atoms with Crippen LogP contribution in [0.5, 0.6) is 17.2 Å². The third-order valence-corrected chi connectivity index (χ3v) is 3.28. The summed E-state index contributed by atoms with van der Waals surface area (Å²) >= 11 is 0. The Balaban J connectivity index is 2.89. The van der Waals surface area contributed by atoms with Crippen molar-refractivity contribution in [1.29, 1.82) is 0 Å². The Morgan fingerprint density at radius 2 is 1.86 bits per heavy atom. The predicted octanol–water partition coefficient (Wildman–Crippen LogP) is 3.11. The Hall–Kier alpha value is -2.37. The van der Waals surface area contributed by atoms with Crippen molar-refractivity contribution in [3.63, 3.8) is 0 Å². The summed E-state index contributed by atoms with van der Waals surface area (Å²) < 4.78 is 21.5. The van der Waals surface area contributed by atoms with Crippen LogP contribution < -0.4 is 14.2 Å². The molecule has 0 atom stereocenters. The van der Waals surface area contributed by atoms with Gasteiger partial charge in [0.2, 0.25) is 11.5 Å². The van der Waals surface area contributed by atoms with E-state index < -0.39 is 5.97 Å². The summed E-state index contributed by atoms with van der Waals surface area (Å²) in [6, 6.07) is 1.61. The van der Waals surface area contributed by atoms with Gasteiger partial charge in [0.15, 0.2) is 11.5 Å². The summed E-state index contributed by atoms with van der Waals surface area (Å²) in [5, 5.41) is 9.93. The molecule has 6 heteroatoms. The molecule has 1 aromatic heterocycles. The SMILES string of the molecule is CCCc1c(C(=O)O)oc2cc(OC)c(OC)c(OC)c12. The first kappa shape index (κ1) is 15.0. The third kappa shape index (κ3) is 2.37. The zero-order chi connectivity index (χ0) is 15.6. The Kier molecular flexibility index (Phi) is 4.26. The molecule has 0 spiro atoms. The van der Waals surface area contributed by atoms with Crippen molar-refractivity contribution in [1.82, 2.24) is 0 Å². The summed E-state index contributed by atoms with van der Waals surface area (Å²) in [5.41, 5.74) is 1.02. The first-order valence-corrected chi connectivity index (χ1v) is 6.56. The molecule has 0 bridgehead atoms. The summed E-state index contributed by atoms with van der Waals surface area (Å²) in [6.45, 7) is 1.97. The highest BCUT2D eigenvalue weighted by molar-refractivity contribution is 6.00. The fourth-order valence-corrected chi connectivity index (χ4v) is 2.45. The molecule has 6 nitrogen and oxygen atoms in total. The number of aryl methyl sites for hydroxylation is 1. The van der Waals surface area contributed by atoms with Crippen LogP contribution in [0.2, 0.25) is 0 Å². The quantitative estimate of drug-likeness (QED) is 0.882. The van der Waals surface area contributed by atoms with Gasteiger partial charge < -0.3 is 23.7 Å². The number of carboxylic acid groups (broad SMARTS) is 1. The van der Waals surface area contributed by atoms with E-state index in [0.717, 1.165) is 6.42 Å². The van der Waals surface area contributed by atoms with Gasteiger partial charge in [-0.05, 0) is 6.42 Å². The van der Waals surface area contributed by atoms with Gasteiger partial charge >= 0.3 is 5.97 Å². The van der Waals surface area contributed by atoms with E-state index in [-0.39, 0.29) is 5.76 Å². The molecule has 21 heavy (non-hydrogen) atoms. The number of methoxy groups -OCH3 is 3. The highest BCUT2D eigenvalue weighted by Gasteiger charge is 2.26. The van der Waals surface area contributed by atoms with Crippen molar-refractivity contribution in [2.45, 2.75) is 19.8 Å². The maximum atomic E-state index is 11.4. The normalized spacial score (nSPS) is 10.7. The summed E-state index contributed by atoms with van der Waals surface area (Å²) in [5.74, 6) is 0.0971. The van der Waals surface area contributed by atoms with E-state index in [2.05, 4.69) is 0 Å². The molecule has 114 valence electrons. The number of rotatable bonds is 6. The van der Waals surface area contributed by atoms with Crippen molar-refractivity contribution < 1.29 is 28.5 Å². The lowest BCUT2D eigenvalue weighted by atomic mass is 10.0. The number of ether oxygens (including phenoxy) is 3. The molecule has 0 radical (unpaired) electrons. The minimum absolute atomic E-state index is 0.0690. The van der Waals surface area contributed by atoms with Crippen molar-refractivity contribution in [3.05, 3.63) is 17.4 Å². The molecular formula is C15H18O6. The monoisotopic (exact) mass is 294 g/mol. The van der Waals surface area contributed by atoms with Crippen LogP contribution in [0, 0.1) is 0 Å². The molecule has 0 fully saturated rings. The molecule has 0 amide bonds. The smallest absolute Gasteiger partial charge is 0.372 e. The van der Waals surface area contributed by atoms with Gasteiger partial charge in [-0.3, -0.25) is 0 Å². The number of fused-ring (bicyclic) bond motifs is 1. The minimum atomic E-state index is -1.10. The second-order valence-electron chi connectivity index (χ2n) is 4.48. The molecule has 0 aliphatic rings. The number of aromatic carboxylic acids is 1. The van der Waals surface area contributed by atoms with Crippen LogP contribution in [0.15, 0.2) is 10.5 Å². The average Bonchev–Trinajstić information content (AvgIpc) is 2.84. The summed E-state index contributed by atoms with van der Waals surface area (Å²) in [6.07, 6.45) is 1.35. The molecule has 0 saturated heterocycles. The van der Waals surface area contributed by atoms with Crippen molar-refractivity contribution >= 4 is 16.9 Å². The minimum Gasteiger partial charge on any atom is -0.493 e. The van der Waals surface area contributed by atoms with E-state index in [1.165, 1.54) is 21.3 Å². The van der Waals surface area contributed by atoms with Gasteiger partial charge in [0.05, 0.1) is 26.7 Å². The number of hydrogen-bond donors (Lipinski definition) is 1. The topological polar surface area (TPSA) is 78.1 Å². The zero-order valence-electron chi connectivity index (χ0n) is 12.5. The van der Waals surface area contributed by atoms with Gasteiger partial charge in [-0.15, -0.1) is 0 Å². The van der Waals surface area contributed by atoms with Crippen LogP contribution in [-0.2, 0) is 6.42 Å². The van der Waals surface area contributed by atoms with Crippen LogP contribution in [0.25, 0.3) is 11.0 Å². The van der Waals surface area contributed by atoms with Crippen molar-refractivity contribution in [2.75, 3.05) is 21.3 Å². The van der Waals surface area contributed by atoms with Crippen LogP contribution in [0.3, 0.4) is 0 Å². The second kappa shape index (κ2) is 5.95. The third-order valence-electron chi connectivity index (χ3n) is 3.28. The van der Waals surface area contributed by atoms with Gasteiger partial charge in [-0.1, -0.05) is 13.3 Å². The molecule has 2 aromatic rings. The largest absolute Gasteiger partial charge is 0.493 e. The Bertz CT molecular complexity index is 671. The maximum Gasteiger partial charge on any atom is 0.372 e. The fourth-order valence-electron chi connectivity index (χ4n) is 2.45. The Morgan fingerprint density at radius 1 is 1.19 bits per heavy atom. The van der Waals surface area contributed by atoms with E-state index in [9.17, 15) is 9.90 Å². The number of furan rings is 1. The molecule has 1 N–H and O–H groups in total. The molecule has 2 rings (SSSR count). The summed E-state index contributed by atoms with van der Waals surface area (Å²) in [4.78, 5) is 11.4. The molecule has 0 aliphatic heterocycles. The highest BCUT2D eigenvalue weighted by Crippen LogP contribution is 2.46. The number of carboxylic acids is 1. The molecule has 0 saturated carbocycles. The summed E-state index contributed by atoms with van der Waals surface area (Å²) in [7, 11) is 4.50. The number of benzene rings is 1. The standard InChI is InChI=1S/C15H18O6/c1-5-6-8-11-9(21-12(8)15(16)17)7-10(18-2)13(19-3)14(11)20-4/h7H,5-6H2,1-4H3,(H,16,17). The Labute approximate surface area is 122 Å². The van der Waals surface area contributed by atoms with E-state index in [1.807, 2.05) is 6.92 Å². The van der Waals surface area contributed by atoms with Crippen LogP contribution in [0.4, 0.5) is 0 Å². The lowest BCUT2D eigenvalue weighted by Crippen LogP contribution is -2.00. The van der Waals surface area contributed by atoms with Gasteiger partial charge in [0, 0.05) is 11.6 Å². The molecule has 0 unspecified atom stereocenters. The van der Waals surface area contributed by atoms with Crippen LogP contribution >= 0.6 is 0 Å². The van der Waals surface area contributed by atoms with Crippen LogP contribution in [0.1, 0.15) is 29.5 Å². The Morgan fingerprint density at radius 3 is 2.33 bits per heavy atom. The maximum absolute atomic E-state index is 11.4. The van der Waals surface area contributed by atoms with Gasteiger partial charge in [-0.25, -0.2) is 4.79 Å². The predicted molar refractivity (Wildman–Crippen MR) is 76.8 cm³/mol. The van der Waals surface area contributed by atoms with E-state index in [0.29, 0.717) is 40.2 Å². The zero-order valence-corrected chi connectivity index (χ0v) is 12.5. The van der Waals surface area contributed by atoms with Crippen molar-refractivity contribution in [2.24, 2.45) is 0 Å². The molecule has 1 heterocycles. The van der Waals surface area contributed by atoms with Crippen LogP contribution in [-0.4, -0.2) is 32.4 Å². The highest BCUT2D eigenvalue weighted by atomic mass is 16.5. The molecule has 0 aliphatic carbocycles. The lowest BCUT2D eigenvalue weighted by Gasteiger charge is -2.13. The lowest BCUT2D eigenvalue weighted by molar-refractivity contribution is 0.0663. The van der Waals surface area contributed by atoms with E-state index in [1.54, 1.807) is 6.07 Å². The molecule has 1 aromatic carbocycles. The van der Waals surface area contributed by atoms with E-state index >= 15 is 0 Å². The first-order valence-electron chi connectivity index (χ1n) is 6.56. The molecular weight excluding hydrogens is 276 g/mol. The average molecular weight is 294 g/mol. The van der Waals surface area contributed by atoms with Gasteiger partial charge in [0.1, 0.15) is 5.58 Å². The number of carbonyl (C=O) groups is 1. The fraction of sp³-hybridized carbons (Fsp3) is 0.400. The van der Waals surface area contributed by atoms with Gasteiger partial charge in [0.25, 0.3) is 0 Å². The van der Waals surface area contributed by atoms with Gasteiger partial charge in [-0.2, -0.15) is 0 Å².